The molecule has 5 atom stereocenters. The lowest BCUT2D eigenvalue weighted by molar-refractivity contribution is -0.161. The van der Waals surface area contributed by atoms with Crippen LogP contribution in [0, 0.1) is 11.8 Å². The van der Waals surface area contributed by atoms with E-state index < -0.39 is 97.5 Å². The van der Waals surface area contributed by atoms with Crippen LogP contribution in [0.15, 0.2) is 0 Å². The van der Waals surface area contributed by atoms with Gasteiger partial charge in [0.2, 0.25) is 0 Å². The van der Waals surface area contributed by atoms with E-state index in [2.05, 4.69) is 41.5 Å². The first kappa shape index (κ1) is 92.1. The Balaban J connectivity index is 5.14. The molecule has 0 aromatic rings. The minimum Gasteiger partial charge on any atom is -0.462 e. The zero-order valence-electron chi connectivity index (χ0n) is 61.3. The molecule has 0 saturated heterocycles. The molecule has 0 fully saturated rings. The average molecular weight is 1380 g/mol. The van der Waals surface area contributed by atoms with Crippen LogP contribution in [0.2, 0.25) is 0 Å². The van der Waals surface area contributed by atoms with Crippen LogP contribution in [0.4, 0.5) is 0 Å². The minimum absolute atomic E-state index is 0.107. The van der Waals surface area contributed by atoms with Crippen molar-refractivity contribution in [2.45, 2.75) is 407 Å². The number of rotatable bonds is 74. The highest BCUT2D eigenvalue weighted by atomic mass is 31.2. The summed E-state index contributed by atoms with van der Waals surface area (Å²) >= 11 is 0. The van der Waals surface area contributed by atoms with Crippen LogP contribution in [0.25, 0.3) is 0 Å². The molecule has 0 aliphatic carbocycles. The lowest BCUT2D eigenvalue weighted by Gasteiger charge is -2.21. The van der Waals surface area contributed by atoms with Gasteiger partial charge in [-0.2, -0.15) is 0 Å². The molecule has 0 spiro atoms. The van der Waals surface area contributed by atoms with Crippen molar-refractivity contribution in [3.05, 3.63) is 0 Å². The van der Waals surface area contributed by atoms with Crippen LogP contribution in [-0.4, -0.2) is 96.7 Å². The van der Waals surface area contributed by atoms with Crippen molar-refractivity contribution in [2.24, 2.45) is 11.8 Å². The second-order valence-electron chi connectivity index (χ2n) is 28.0. The highest BCUT2D eigenvalue weighted by molar-refractivity contribution is 7.47. The Morgan fingerprint density at radius 2 is 0.489 bits per heavy atom. The number of phosphoric acid groups is 2. The van der Waals surface area contributed by atoms with E-state index in [1.54, 1.807) is 0 Å². The summed E-state index contributed by atoms with van der Waals surface area (Å²) in [4.78, 5) is 72.5. The van der Waals surface area contributed by atoms with Crippen molar-refractivity contribution in [3.63, 3.8) is 0 Å². The topological polar surface area (TPSA) is 237 Å². The fraction of sp³-hybridized carbons (Fsp3) is 0.947. The van der Waals surface area contributed by atoms with E-state index in [-0.39, 0.29) is 25.7 Å². The quantitative estimate of drug-likeness (QED) is 0.0222. The number of aliphatic hydroxyl groups is 1. The number of ether oxygens (including phenoxy) is 4. The summed E-state index contributed by atoms with van der Waals surface area (Å²) in [6.45, 7) is 9.55. The highest BCUT2D eigenvalue weighted by Crippen LogP contribution is 2.45. The summed E-state index contributed by atoms with van der Waals surface area (Å²) in [6.07, 6.45) is 54.4. The second kappa shape index (κ2) is 66.9. The number of phosphoric ester groups is 2. The number of aliphatic hydroxyl groups excluding tert-OH is 1. The van der Waals surface area contributed by atoms with Gasteiger partial charge in [0.1, 0.15) is 19.3 Å². The normalized spacial score (nSPS) is 14.0. The molecule has 0 amide bonds. The molecule has 0 aromatic heterocycles. The third-order valence-electron chi connectivity index (χ3n) is 17.5. The van der Waals surface area contributed by atoms with Crippen molar-refractivity contribution >= 4 is 39.5 Å². The molecule has 19 heteroatoms. The fourth-order valence-electron chi connectivity index (χ4n) is 11.5. The smallest absolute Gasteiger partial charge is 0.462 e. The summed E-state index contributed by atoms with van der Waals surface area (Å²) < 4.78 is 68.3. The van der Waals surface area contributed by atoms with E-state index >= 15 is 0 Å². The van der Waals surface area contributed by atoms with Crippen molar-refractivity contribution in [1.29, 1.82) is 0 Å². The first-order valence-corrected chi connectivity index (χ1v) is 42.0. The Morgan fingerprint density at radius 1 is 0.287 bits per heavy atom. The van der Waals surface area contributed by atoms with E-state index in [1.807, 2.05) is 0 Å². The first-order chi connectivity index (χ1) is 45.4. The molecule has 0 rings (SSSR count). The first-order valence-electron chi connectivity index (χ1n) is 39.0. The molecule has 0 bridgehead atoms. The van der Waals surface area contributed by atoms with E-state index in [1.165, 1.54) is 199 Å². The van der Waals surface area contributed by atoms with E-state index in [9.17, 15) is 43.2 Å². The van der Waals surface area contributed by atoms with Crippen molar-refractivity contribution in [3.8, 4) is 0 Å². The molecule has 94 heavy (non-hydrogen) atoms. The fourth-order valence-corrected chi connectivity index (χ4v) is 13.1. The Labute approximate surface area is 575 Å². The van der Waals surface area contributed by atoms with Gasteiger partial charge in [-0.15, -0.1) is 0 Å². The minimum atomic E-state index is -4.95. The van der Waals surface area contributed by atoms with Gasteiger partial charge in [0, 0.05) is 25.7 Å². The molecule has 0 saturated carbocycles. The van der Waals surface area contributed by atoms with E-state index in [4.69, 9.17) is 37.0 Å². The monoisotopic (exact) mass is 1380 g/mol. The second-order valence-corrected chi connectivity index (χ2v) is 30.9. The van der Waals surface area contributed by atoms with Crippen LogP contribution in [-0.2, 0) is 65.4 Å². The van der Waals surface area contributed by atoms with Crippen molar-refractivity contribution in [1.82, 2.24) is 0 Å². The molecule has 558 valence electrons. The van der Waals surface area contributed by atoms with Gasteiger partial charge in [0.25, 0.3) is 0 Å². The molecule has 2 unspecified atom stereocenters. The van der Waals surface area contributed by atoms with Crippen LogP contribution < -0.4 is 0 Å². The van der Waals surface area contributed by atoms with Crippen molar-refractivity contribution < 1.29 is 80.2 Å². The van der Waals surface area contributed by atoms with Crippen LogP contribution in [0.1, 0.15) is 388 Å². The third-order valence-corrected chi connectivity index (χ3v) is 19.4. The lowest BCUT2D eigenvalue weighted by atomic mass is 10.0. The van der Waals surface area contributed by atoms with Gasteiger partial charge < -0.3 is 33.8 Å². The zero-order chi connectivity index (χ0) is 69.3. The lowest BCUT2D eigenvalue weighted by Crippen LogP contribution is -2.30. The maximum Gasteiger partial charge on any atom is 0.472 e. The molecular weight excluding hydrogens is 1230 g/mol. The van der Waals surface area contributed by atoms with Gasteiger partial charge in [-0.3, -0.25) is 37.3 Å². The summed E-state index contributed by atoms with van der Waals surface area (Å²) in [5.41, 5.74) is 0. The van der Waals surface area contributed by atoms with E-state index in [0.717, 1.165) is 108 Å². The number of esters is 4. The standard InChI is InChI=1S/C75H146O17P2/c1-7-9-11-13-14-15-16-17-18-26-31-36-41-47-53-59-74(79)91-70(63-85-72(77)57-51-43-12-10-8-2)65-89-93(81,82)87-61-69(76)62-88-94(83,84)90-66-71(92-75(80)60-54-48-42-37-32-27-22-20-24-29-34-39-45-50-56-68(5)6)64-86-73(78)58-52-46-40-35-30-25-21-19-23-28-33-38-44-49-55-67(3)4/h67-71,76H,7-66H2,1-6H3,(H,81,82)(H,83,84)/t69-,70+,71+/m0/s1. The Kier molecular flexibility index (Phi) is 65.5. The number of unbranched alkanes of at least 4 members (excludes halogenated alkanes) is 44. The predicted molar refractivity (Wildman–Crippen MR) is 381 cm³/mol. The Morgan fingerprint density at radius 3 is 0.723 bits per heavy atom. The highest BCUT2D eigenvalue weighted by Gasteiger charge is 2.30. The largest absolute Gasteiger partial charge is 0.472 e. The Hall–Kier alpha value is -1.94. The van der Waals surface area contributed by atoms with Crippen LogP contribution >= 0.6 is 15.6 Å². The molecule has 0 radical (unpaired) electrons. The molecule has 0 aliphatic rings. The predicted octanol–water partition coefficient (Wildman–Crippen LogP) is 21.9. The SMILES string of the molecule is CCCCCCCCCCCCCCCCCC(=O)O[C@H](COC(=O)CCCCCCC)COP(=O)(O)OC[C@H](O)COP(=O)(O)OC[C@@H](COC(=O)CCCCCCCCCCCCCCCCC(C)C)OC(=O)CCCCCCCCCCCCCCCCC(C)C. The van der Waals surface area contributed by atoms with Gasteiger partial charge >= 0.3 is 39.5 Å². The summed E-state index contributed by atoms with van der Waals surface area (Å²) in [7, 11) is -9.90. The molecule has 0 heterocycles. The number of carbonyl (C=O) groups is 4. The number of hydrogen-bond donors (Lipinski definition) is 3. The third kappa shape index (κ3) is 68.6. The number of hydrogen-bond acceptors (Lipinski definition) is 15. The van der Waals surface area contributed by atoms with Gasteiger partial charge in [0.05, 0.1) is 26.4 Å². The van der Waals surface area contributed by atoms with Crippen molar-refractivity contribution in [2.75, 3.05) is 39.6 Å². The van der Waals surface area contributed by atoms with Gasteiger partial charge in [0.15, 0.2) is 12.2 Å². The molecule has 0 aliphatic heterocycles. The maximum atomic E-state index is 13.1. The van der Waals surface area contributed by atoms with Crippen LogP contribution in [0.3, 0.4) is 0 Å². The van der Waals surface area contributed by atoms with E-state index in [0.29, 0.717) is 25.7 Å². The summed E-state index contributed by atoms with van der Waals surface area (Å²) in [6, 6.07) is 0. The summed E-state index contributed by atoms with van der Waals surface area (Å²) in [5.74, 6) is -0.532. The maximum absolute atomic E-state index is 13.1. The summed E-state index contributed by atoms with van der Waals surface area (Å²) in [5, 5.41) is 10.6. The van der Waals surface area contributed by atoms with Gasteiger partial charge in [-0.25, -0.2) is 9.13 Å². The Bertz CT molecular complexity index is 1820. The molecule has 3 N–H and O–H groups in total. The van der Waals surface area contributed by atoms with Crippen LogP contribution in [0.5, 0.6) is 0 Å². The van der Waals surface area contributed by atoms with Gasteiger partial charge in [-0.05, 0) is 37.5 Å². The molecule has 0 aromatic carbocycles. The van der Waals surface area contributed by atoms with Gasteiger partial charge in [-0.1, -0.05) is 337 Å². The average Bonchev–Trinajstić information content (AvgIpc) is 1.75. The number of carbonyl (C=O) groups excluding carboxylic acids is 4. The molecular formula is C75H146O17P2. The molecule has 17 nitrogen and oxygen atoms in total. The zero-order valence-corrected chi connectivity index (χ0v) is 63.1.